The topological polar surface area (TPSA) is 29.9 Å². The highest BCUT2D eigenvalue weighted by Gasteiger charge is 2.21. The van der Waals surface area contributed by atoms with Gasteiger partial charge >= 0.3 is 0 Å². The molecule has 0 saturated heterocycles. The predicted octanol–water partition coefficient (Wildman–Crippen LogP) is 2.52. The molecule has 0 spiro atoms. The second kappa shape index (κ2) is 6.20. The molecule has 1 heterocycles. The first-order valence-electron chi connectivity index (χ1n) is 7.00. The average Bonchev–Trinajstić information content (AvgIpc) is 2.73. The smallest absolute Gasteiger partial charge is 0.0492 e. The third-order valence-corrected chi connectivity index (χ3v) is 4.01. The Labute approximate surface area is 105 Å². The van der Waals surface area contributed by atoms with Gasteiger partial charge in [0.2, 0.25) is 0 Å². The Balaban J connectivity index is 1.77. The minimum absolute atomic E-state index is 0.769. The van der Waals surface area contributed by atoms with Crippen molar-refractivity contribution in [1.82, 2.24) is 15.1 Å². The average molecular weight is 235 g/mol. The first kappa shape index (κ1) is 12.6. The molecule has 1 aromatic heterocycles. The summed E-state index contributed by atoms with van der Waals surface area (Å²) in [4.78, 5) is 0. The molecule has 1 fully saturated rings. The van der Waals surface area contributed by atoms with Crippen molar-refractivity contribution in [2.75, 3.05) is 6.54 Å². The second-order valence-corrected chi connectivity index (χ2v) is 5.27. The molecule has 0 aliphatic heterocycles. The van der Waals surface area contributed by atoms with Crippen LogP contribution < -0.4 is 5.32 Å². The zero-order valence-electron chi connectivity index (χ0n) is 11.2. The Morgan fingerprint density at radius 2 is 2.35 bits per heavy atom. The summed E-state index contributed by atoms with van der Waals surface area (Å²) >= 11 is 0. The minimum Gasteiger partial charge on any atom is -0.314 e. The quantitative estimate of drug-likeness (QED) is 0.850. The van der Waals surface area contributed by atoms with Gasteiger partial charge in [-0.2, -0.15) is 5.10 Å². The molecule has 2 atom stereocenters. The van der Waals surface area contributed by atoms with Crippen LogP contribution in [0.1, 0.15) is 44.7 Å². The van der Waals surface area contributed by atoms with E-state index < -0.39 is 0 Å². The molecule has 17 heavy (non-hydrogen) atoms. The fourth-order valence-electron chi connectivity index (χ4n) is 3.03. The summed E-state index contributed by atoms with van der Waals surface area (Å²) in [5.41, 5.74) is 1.37. The molecule has 0 aromatic carbocycles. The summed E-state index contributed by atoms with van der Waals surface area (Å²) in [6, 6.07) is 2.91. The van der Waals surface area contributed by atoms with Gasteiger partial charge in [0.1, 0.15) is 0 Å². The number of nitrogens with zero attached hydrogens (tertiary/aromatic N) is 2. The molecule has 0 radical (unpaired) electrons. The standard InChI is InChI=1S/C14H25N3/c1-3-15-13-6-4-5-12(11-13)7-8-14-9-10-16-17(14)2/h9-10,12-13,15H,3-8,11H2,1-2H3. The number of rotatable bonds is 5. The van der Waals surface area contributed by atoms with E-state index in [9.17, 15) is 0 Å². The summed E-state index contributed by atoms with van der Waals surface area (Å²) in [7, 11) is 2.04. The van der Waals surface area contributed by atoms with Crippen LogP contribution in [0.25, 0.3) is 0 Å². The zero-order chi connectivity index (χ0) is 12.1. The van der Waals surface area contributed by atoms with Crippen molar-refractivity contribution < 1.29 is 0 Å². The van der Waals surface area contributed by atoms with Crippen LogP contribution in [-0.4, -0.2) is 22.4 Å². The van der Waals surface area contributed by atoms with Crippen LogP contribution >= 0.6 is 0 Å². The SMILES string of the molecule is CCNC1CCCC(CCc2ccnn2C)C1. The molecule has 0 bridgehead atoms. The van der Waals surface area contributed by atoms with Gasteiger partial charge < -0.3 is 5.32 Å². The van der Waals surface area contributed by atoms with E-state index in [1.165, 1.54) is 44.2 Å². The Bertz CT molecular complexity index is 330. The maximum atomic E-state index is 4.23. The second-order valence-electron chi connectivity index (χ2n) is 5.27. The highest BCUT2D eigenvalue weighted by molar-refractivity contribution is 5.00. The van der Waals surface area contributed by atoms with Crippen LogP contribution in [0, 0.1) is 5.92 Å². The normalized spacial score (nSPS) is 25.1. The summed E-state index contributed by atoms with van der Waals surface area (Å²) < 4.78 is 2.00. The Morgan fingerprint density at radius 1 is 1.47 bits per heavy atom. The number of aryl methyl sites for hydroxylation is 2. The first-order valence-corrected chi connectivity index (χ1v) is 7.00. The third kappa shape index (κ3) is 3.56. The molecule has 3 heteroatoms. The lowest BCUT2D eigenvalue weighted by Gasteiger charge is -2.29. The van der Waals surface area contributed by atoms with Crippen LogP contribution in [-0.2, 0) is 13.5 Å². The molecule has 0 amide bonds. The van der Waals surface area contributed by atoms with Crippen molar-refractivity contribution in [1.29, 1.82) is 0 Å². The predicted molar refractivity (Wildman–Crippen MR) is 71.0 cm³/mol. The largest absolute Gasteiger partial charge is 0.314 e. The first-order chi connectivity index (χ1) is 8.29. The summed E-state index contributed by atoms with van der Waals surface area (Å²) in [6.07, 6.45) is 9.95. The van der Waals surface area contributed by atoms with E-state index in [0.29, 0.717) is 0 Å². The maximum absolute atomic E-state index is 4.23. The van der Waals surface area contributed by atoms with Crippen LogP contribution in [0.2, 0.25) is 0 Å². The Morgan fingerprint density at radius 3 is 3.06 bits per heavy atom. The number of hydrogen-bond acceptors (Lipinski definition) is 2. The van der Waals surface area contributed by atoms with Gasteiger partial charge in [-0.25, -0.2) is 0 Å². The van der Waals surface area contributed by atoms with Gasteiger partial charge in [0.25, 0.3) is 0 Å². The van der Waals surface area contributed by atoms with Gasteiger partial charge in [0.05, 0.1) is 0 Å². The van der Waals surface area contributed by atoms with Gasteiger partial charge in [-0.05, 0) is 44.2 Å². The van der Waals surface area contributed by atoms with E-state index >= 15 is 0 Å². The molecule has 2 unspecified atom stereocenters. The van der Waals surface area contributed by atoms with Crippen LogP contribution in [0.15, 0.2) is 12.3 Å². The molecule has 3 nitrogen and oxygen atoms in total. The van der Waals surface area contributed by atoms with E-state index in [2.05, 4.69) is 23.4 Å². The molecular formula is C14H25N3. The Hall–Kier alpha value is -0.830. The molecule has 1 aromatic rings. The molecule has 1 saturated carbocycles. The Kier molecular flexibility index (Phi) is 4.60. The molecule has 2 rings (SSSR count). The van der Waals surface area contributed by atoms with Crippen molar-refractivity contribution in [3.63, 3.8) is 0 Å². The zero-order valence-corrected chi connectivity index (χ0v) is 11.2. The number of aromatic nitrogens is 2. The molecule has 96 valence electrons. The fraction of sp³-hybridized carbons (Fsp3) is 0.786. The minimum atomic E-state index is 0.769. The van der Waals surface area contributed by atoms with Crippen molar-refractivity contribution >= 4 is 0 Å². The highest BCUT2D eigenvalue weighted by atomic mass is 15.2. The van der Waals surface area contributed by atoms with Crippen LogP contribution in [0.3, 0.4) is 0 Å². The molecular weight excluding hydrogens is 210 g/mol. The van der Waals surface area contributed by atoms with Crippen molar-refractivity contribution in [3.8, 4) is 0 Å². The molecule has 1 N–H and O–H groups in total. The molecule has 1 aliphatic rings. The lowest BCUT2D eigenvalue weighted by Crippen LogP contribution is -2.34. The summed E-state index contributed by atoms with van der Waals surface area (Å²) in [5, 5.41) is 7.83. The van der Waals surface area contributed by atoms with Gasteiger partial charge in [0, 0.05) is 25.0 Å². The van der Waals surface area contributed by atoms with E-state index in [0.717, 1.165) is 18.5 Å². The summed E-state index contributed by atoms with van der Waals surface area (Å²) in [6.45, 7) is 3.32. The monoisotopic (exact) mass is 235 g/mol. The maximum Gasteiger partial charge on any atom is 0.0492 e. The van der Waals surface area contributed by atoms with Crippen LogP contribution in [0.5, 0.6) is 0 Å². The summed E-state index contributed by atoms with van der Waals surface area (Å²) in [5.74, 6) is 0.905. The van der Waals surface area contributed by atoms with Crippen LogP contribution in [0.4, 0.5) is 0 Å². The lowest BCUT2D eigenvalue weighted by molar-refractivity contribution is 0.275. The van der Waals surface area contributed by atoms with Gasteiger partial charge in [-0.15, -0.1) is 0 Å². The molecule has 1 aliphatic carbocycles. The van der Waals surface area contributed by atoms with Gasteiger partial charge in [-0.1, -0.05) is 19.8 Å². The van der Waals surface area contributed by atoms with Gasteiger partial charge in [-0.3, -0.25) is 4.68 Å². The van der Waals surface area contributed by atoms with Crippen molar-refractivity contribution in [2.45, 2.75) is 51.5 Å². The van der Waals surface area contributed by atoms with E-state index in [4.69, 9.17) is 0 Å². The van der Waals surface area contributed by atoms with Crippen molar-refractivity contribution in [2.24, 2.45) is 13.0 Å². The highest BCUT2D eigenvalue weighted by Crippen LogP contribution is 2.27. The van der Waals surface area contributed by atoms with Crippen molar-refractivity contribution in [3.05, 3.63) is 18.0 Å². The number of hydrogen-bond donors (Lipinski definition) is 1. The fourth-order valence-corrected chi connectivity index (χ4v) is 3.03. The van der Waals surface area contributed by atoms with E-state index in [1.807, 2.05) is 17.9 Å². The van der Waals surface area contributed by atoms with E-state index in [-0.39, 0.29) is 0 Å². The number of nitrogens with one attached hydrogen (secondary N) is 1. The van der Waals surface area contributed by atoms with E-state index in [1.54, 1.807) is 0 Å². The third-order valence-electron chi connectivity index (χ3n) is 4.01. The van der Waals surface area contributed by atoms with Gasteiger partial charge in [0.15, 0.2) is 0 Å². The lowest BCUT2D eigenvalue weighted by atomic mass is 9.83.